The minimum atomic E-state index is -0.440. The molecule has 0 amide bonds. The van der Waals surface area contributed by atoms with Gasteiger partial charge in [0.2, 0.25) is 17.8 Å². The third-order valence-corrected chi connectivity index (χ3v) is 4.68. The number of pyridine rings is 1. The molecule has 0 saturated carbocycles. The number of nitrogens with zero attached hydrogens (tertiary/aromatic N) is 7. The summed E-state index contributed by atoms with van der Waals surface area (Å²) in [4.78, 5) is 29.9. The fourth-order valence-electron chi connectivity index (χ4n) is 3.12. The summed E-state index contributed by atoms with van der Waals surface area (Å²) in [6.07, 6.45) is 8.38. The Bertz CT molecular complexity index is 1050. The lowest BCUT2D eigenvalue weighted by molar-refractivity contribution is -0.384. The fourth-order valence-corrected chi connectivity index (χ4v) is 3.12. The minimum absolute atomic E-state index is 0.0167. The number of piperidine rings is 1. The highest BCUT2D eigenvalue weighted by Gasteiger charge is 2.16. The van der Waals surface area contributed by atoms with E-state index in [2.05, 4.69) is 40.7 Å². The van der Waals surface area contributed by atoms with E-state index in [0.29, 0.717) is 23.5 Å². The van der Waals surface area contributed by atoms with E-state index in [0.717, 1.165) is 31.5 Å². The zero-order valence-electron chi connectivity index (χ0n) is 16.7. The number of benzene rings is 1. The molecule has 11 heteroatoms. The average Bonchev–Trinajstić information content (AvgIpc) is 2.81. The number of nitro benzene ring substituents is 1. The average molecular weight is 419 g/mol. The van der Waals surface area contributed by atoms with Gasteiger partial charge in [0.15, 0.2) is 0 Å². The second-order valence-corrected chi connectivity index (χ2v) is 6.91. The molecule has 2 N–H and O–H groups in total. The topological polar surface area (TPSA) is 134 Å². The zero-order chi connectivity index (χ0) is 21.5. The Balaban J connectivity index is 1.56. The highest BCUT2D eigenvalue weighted by Crippen LogP contribution is 2.22. The SMILES string of the molecule is O=[N+]([O-])c1ccc(Nc2nc(N/N=C/c3ccncc3)nc(N3CCCCC3)n2)cc1. The summed E-state index contributed by atoms with van der Waals surface area (Å²) >= 11 is 0. The Hall–Kier alpha value is -4.15. The van der Waals surface area contributed by atoms with Crippen LogP contribution in [-0.2, 0) is 0 Å². The third kappa shape index (κ3) is 5.47. The number of anilines is 4. The Morgan fingerprint density at radius 1 is 0.968 bits per heavy atom. The monoisotopic (exact) mass is 419 g/mol. The van der Waals surface area contributed by atoms with E-state index in [9.17, 15) is 10.1 Å². The van der Waals surface area contributed by atoms with Crippen molar-refractivity contribution in [1.82, 2.24) is 19.9 Å². The van der Waals surface area contributed by atoms with Gasteiger partial charge in [-0.2, -0.15) is 20.1 Å². The molecule has 2 aromatic heterocycles. The molecule has 3 heterocycles. The molecular formula is C20H21N9O2. The lowest BCUT2D eigenvalue weighted by atomic mass is 10.1. The molecule has 1 fully saturated rings. The molecule has 1 aliphatic heterocycles. The van der Waals surface area contributed by atoms with Gasteiger partial charge in [-0.1, -0.05) is 0 Å². The van der Waals surface area contributed by atoms with E-state index < -0.39 is 4.92 Å². The van der Waals surface area contributed by atoms with Crippen LogP contribution >= 0.6 is 0 Å². The lowest BCUT2D eigenvalue weighted by Gasteiger charge is -2.26. The summed E-state index contributed by atoms with van der Waals surface area (Å²) in [5.74, 6) is 1.18. The van der Waals surface area contributed by atoms with Gasteiger partial charge in [-0.3, -0.25) is 15.1 Å². The van der Waals surface area contributed by atoms with Crippen molar-refractivity contribution in [3.8, 4) is 0 Å². The van der Waals surface area contributed by atoms with Crippen LogP contribution in [0.4, 0.5) is 29.2 Å². The molecule has 1 aliphatic rings. The Morgan fingerprint density at radius 3 is 2.39 bits per heavy atom. The van der Waals surface area contributed by atoms with Gasteiger partial charge in [-0.25, -0.2) is 5.43 Å². The van der Waals surface area contributed by atoms with Crippen LogP contribution in [0.3, 0.4) is 0 Å². The summed E-state index contributed by atoms with van der Waals surface area (Å²) in [5.41, 5.74) is 4.39. The zero-order valence-corrected chi connectivity index (χ0v) is 16.7. The maximum Gasteiger partial charge on any atom is 0.269 e. The molecule has 11 nitrogen and oxygen atoms in total. The van der Waals surface area contributed by atoms with Crippen molar-refractivity contribution in [3.05, 3.63) is 64.5 Å². The quantitative estimate of drug-likeness (QED) is 0.336. The van der Waals surface area contributed by atoms with E-state index in [4.69, 9.17) is 0 Å². The molecule has 3 aromatic rings. The number of aromatic nitrogens is 4. The first-order valence-corrected chi connectivity index (χ1v) is 9.89. The van der Waals surface area contributed by atoms with Crippen LogP contribution in [0.5, 0.6) is 0 Å². The van der Waals surface area contributed by atoms with Crippen molar-refractivity contribution in [2.75, 3.05) is 28.7 Å². The second-order valence-electron chi connectivity index (χ2n) is 6.91. The maximum absolute atomic E-state index is 10.9. The minimum Gasteiger partial charge on any atom is -0.341 e. The highest BCUT2D eigenvalue weighted by molar-refractivity contribution is 5.79. The number of hydrogen-bond acceptors (Lipinski definition) is 10. The number of nitro groups is 1. The van der Waals surface area contributed by atoms with Crippen molar-refractivity contribution in [2.24, 2.45) is 5.10 Å². The standard InChI is InChI=1S/C20H21N9O2/c30-29(31)17-6-4-16(5-7-17)23-18-24-19(27-22-14-15-8-10-21-11-9-15)26-20(25-18)28-12-2-1-3-13-28/h4-11,14H,1-3,12-13H2,(H2,23,24,25,26,27)/b22-14+. The second kappa shape index (κ2) is 9.57. The predicted molar refractivity (Wildman–Crippen MR) is 118 cm³/mol. The van der Waals surface area contributed by atoms with Crippen molar-refractivity contribution >= 4 is 35.4 Å². The van der Waals surface area contributed by atoms with Gasteiger partial charge in [0, 0.05) is 43.3 Å². The van der Waals surface area contributed by atoms with Gasteiger partial charge in [0.05, 0.1) is 11.1 Å². The van der Waals surface area contributed by atoms with Crippen LogP contribution in [0.25, 0.3) is 0 Å². The van der Waals surface area contributed by atoms with Crippen LogP contribution in [-0.4, -0.2) is 44.2 Å². The molecule has 158 valence electrons. The van der Waals surface area contributed by atoms with E-state index >= 15 is 0 Å². The van der Waals surface area contributed by atoms with E-state index in [1.807, 2.05) is 12.1 Å². The van der Waals surface area contributed by atoms with E-state index in [1.54, 1.807) is 30.7 Å². The molecule has 0 aliphatic carbocycles. The molecule has 4 rings (SSSR count). The summed E-state index contributed by atoms with van der Waals surface area (Å²) in [6.45, 7) is 1.75. The van der Waals surface area contributed by atoms with Crippen LogP contribution in [0.15, 0.2) is 53.9 Å². The first kappa shape index (κ1) is 20.1. The number of rotatable bonds is 7. The Kier molecular flexibility index (Phi) is 6.21. The molecule has 0 atom stereocenters. The van der Waals surface area contributed by atoms with Crippen molar-refractivity contribution in [1.29, 1.82) is 0 Å². The highest BCUT2D eigenvalue weighted by atomic mass is 16.6. The van der Waals surface area contributed by atoms with Crippen LogP contribution in [0.1, 0.15) is 24.8 Å². The smallest absolute Gasteiger partial charge is 0.269 e. The fraction of sp³-hybridized carbons (Fsp3) is 0.250. The third-order valence-electron chi connectivity index (χ3n) is 4.68. The van der Waals surface area contributed by atoms with E-state index in [1.165, 1.54) is 18.6 Å². The van der Waals surface area contributed by atoms with Crippen molar-refractivity contribution < 1.29 is 4.92 Å². The number of hydrazone groups is 1. The van der Waals surface area contributed by atoms with Crippen molar-refractivity contribution in [3.63, 3.8) is 0 Å². The number of nitrogens with one attached hydrogen (secondary N) is 2. The Morgan fingerprint density at radius 2 is 1.68 bits per heavy atom. The van der Waals surface area contributed by atoms with Gasteiger partial charge >= 0.3 is 0 Å². The molecule has 0 unspecified atom stereocenters. The largest absolute Gasteiger partial charge is 0.341 e. The predicted octanol–water partition coefficient (Wildman–Crippen LogP) is 3.35. The summed E-state index contributed by atoms with van der Waals surface area (Å²) in [5, 5.41) is 18.1. The van der Waals surface area contributed by atoms with Crippen molar-refractivity contribution in [2.45, 2.75) is 19.3 Å². The maximum atomic E-state index is 10.9. The molecule has 1 saturated heterocycles. The summed E-state index contributed by atoms with van der Waals surface area (Å²) < 4.78 is 0. The first-order chi connectivity index (χ1) is 15.2. The van der Waals surface area contributed by atoms with E-state index in [-0.39, 0.29) is 5.69 Å². The molecular weight excluding hydrogens is 398 g/mol. The van der Waals surface area contributed by atoms with Gasteiger partial charge in [-0.05, 0) is 49.1 Å². The first-order valence-electron chi connectivity index (χ1n) is 9.89. The molecule has 31 heavy (non-hydrogen) atoms. The van der Waals surface area contributed by atoms with Crippen LogP contribution in [0, 0.1) is 10.1 Å². The Labute approximate surface area is 178 Å². The summed E-state index contributed by atoms with van der Waals surface area (Å²) in [7, 11) is 0. The van der Waals surface area contributed by atoms with Crippen LogP contribution < -0.4 is 15.6 Å². The normalized spacial score (nSPS) is 13.9. The van der Waals surface area contributed by atoms with Crippen LogP contribution in [0.2, 0.25) is 0 Å². The molecule has 0 radical (unpaired) electrons. The van der Waals surface area contributed by atoms with Gasteiger partial charge in [0.25, 0.3) is 5.69 Å². The number of hydrogen-bond donors (Lipinski definition) is 2. The molecule has 1 aromatic carbocycles. The number of non-ortho nitro benzene ring substituents is 1. The molecule has 0 bridgehead atoms. The lowest BCUT2D eigenvalue weighted by Crippen LogP contribution is -2.31. The van der Waals surface area contributed by atoms with Gasteiger partial charge in [0.1, 0.15) is 0 Å². The summed E-state index contributed by atoms with van der Waals surface area (Å²) in [6, 6.07) is 9.73. The van der Waals surface area contributed by atoms with Gasteiger partial charge < -0.3 is 10.2 Å². The van der Waals surface area contributed by atoms with Gasteiger partial charge in [-0.15, -0.1) is 0 Å². The molecule has 0 spiro atoms.